The lowest BCUT2D eigenvalue weighted by Crippen LogP contribution is -2.20. The highest BCUT2D eigenvalue weighted by Crippen LogP contribution is 2.35. The van der Waals surface area contributed by atoms with Crippen molar-refractivity contribution in [2.24, 2.45) is 0 Å². The lowest BCUT2D eigenvalue weighted by Gasteiger charge is -2.07. The molecular formula is C16H15N5O7S. The Morgan fingerprint density at radius 2 is 1.86 bits per heavy atom. The Balaban J connectivity index is 2.41. The molecule has 0 aliphatic rings. The summed E-state index contributed by atoms with van der Waals surface area (Å²) in [5.74, 6) is -3.10. The van der Waals surface area contributed by atoms with E-state index >= 15 is 0 Å². The van der Waals surface area contributed by atoms with Crippen LogP contribution in [0.2, 0.25) is 0 Å². The molecule has 0 saturated carbocycles. The Bertz CT molecular complexity index is 1000. The van der Waals surface area contributed by atoms with Crippen LogP contribution in [0.1, 0.15) is 31.4 Å². The molecular weight excluding hydrogens is 406 g/mol. The van der Waals surface area contributed by atoms with Crippen molar-refractivity contribution in [1.29, 1.82) is 5.26 Å². The monoisotopic (exact) mass is 421 g/mol. The van der Waals surface area contributed by atoms with Gasteiger partial charge >= 0.3 is 17.9 Å². The lowest BCUT2D eigenvalue weighted by molar-refractivity contribution is -0.139. The topological polar surface area (TPSA) is 163 Å². The van der Waals surface area contributed by atoms with Crippen LogP contribution in [0.15, 0.2) is 6.33 Å². The van der Waals surface area contributed by atoms with Crippen LogP contribution in [0, 0.1) is 11.3 Å². The SMILES string of the molecule is COC(=O)Cc1c(C(=O)OC)sc(NC(=O)Cn2cnc(C#N)n2)c1C(=O)OC. The van der Waals surface area contributed by atoms with Crippen LogP contribution in [0.25, 0.3) is 0 Å². The maximum absolute atomic E-state index is 12.3. The molecule has 13 heteroatoms. The minimum Gasteiger partial charge on any atom is -0.469 e. The Morgan fingerprint density at radius 3 is 2.41 bits per heavy atom. The Kier molecular flexibility index (Phi) is 6.99. The van der Waals surface area contributed by atoms with Crippen LogP contribution in [-0.2, 0) is 36.8 Å². The predicted molar refractivity (Wildman–Crippen MR) is 96.1 cm³/mol. The second-order valence-electron chi connectivity index (χ2n) is 5.28. The van der Waals surface area contributed by atoms with Gasteiger partial charge in [0.2, 0.25) is 5.91 Å². The highest BCUT2D eigenvalue weighted by atomic mass is 32.1. The van der Waals surface area contributed by atoms with E-state index in [-0.39, 0.29) is 33.4 Å². The number of thiophene rings is 1. The molecule has 0 fully saturated rings. The van der Waals surface area contributed by atoms with Crippen molar-refractivity contribution >= 4 is 40.2 Å². The average Bonchev–Trinajstić information content (AvgIpc) is 3.30. The van der Waals surface area contributed by atoms with E-state index in [1.807, 2.05) is 0 Å². The number of nitrogens with one attached hydrogen (secondary N) is 1. The van der Waals surface area contributed by atoms with Gasteiger partial charge < -0.3 is 19.5 Å². The van der Waals surface area contributed by atoms with Crippen LogP contribution in [0.5, 0.6) is 0 Å². The molecule has 0 aromatic carbocycles. The first-order chi connectivity index (χ1) is 13.8. The van der Waals surface area contributed by atoms with E-state index in [2.05, 4.69) is 20.1 Å². The molecule has 12 nitrogen and oxygen atoms in total. The zero-order valence-electron chi connectivity index (χ0n) is 15.5. The number of methoxy groups -OCH3 is 3. The van der Waals surface area contributed by atoms with Gasteiger partial charge in [0.1, 0.15) is 28.8 Å². The van der Waals surface area contributed by atoms with E-state index in [4.69, 9.17) is 14.7 Å². The fraction of sp³-hybridized carbons (Fsp3) is 0.312. The number of anilines is 1. The number of ether oxygens (including phenoxy) is 3. The summed E-state index contributed by atoms with van der Waals surface area (Å²) in [5.41, 5.74) is -0.142. The van der Waals surface area contributed by atoms with E-state index in [0.29, 0.717) is 0 Å². The van der Waals surface area contributed by atoms with E-state index in [0.717, 1.165) is 37.3 Å². The number of esters is 3. The summed E-state index contributed by atoms with van der Waals surface area (Å²) in [6.07, 6.45) is 0.780. The number of rotatable bonds is 7. The zero-order chi connectivity index (χ0) is 21.6. The smallest absolute Gasteiger partial charge is 0.348 e. The molecule has 152 valence electrons. The molecule has 2 heterocycles. The van der Waals surface area contributed by atoms with Gasteiger partial charge in [0.05, 0.1) is 33.3 Å². The number of hydrogen-bond donors (Lipinski definition) is 1. The van der Waals surface area contributed by atoms with Gasteiger partial charge in [-0.1, -0.05) is 0 Å². The molecule has 0 spiro atoms. The van der Waals surface area contributed by atoms with Crippen molar-refractivity contribution in [2.75, 3.05) is 26.6 Å². The highest BCUT2D eigenvalue weighted by molar-refractivity contribution is 7.18. The van der Waals surface area contributed by atoms with E-state index in [1.54, 1.807) is 6.07 Å². The highest BCUT2D eigenvalue weighted by Gasteiger charge is 2.30. The lowest BCUT2D eigenvalue weighted by atomic mass is 10.1. The zero-order valence-corrected chi connectivity index (χ0v) is 16.4. The molecule has 0 saturated heterocycles. The van der Waals surface area contributed by atoms with Gasteiger partial charge in [0, 0.05) is 5.56 Å². The van der Waals surface area contributed by atoms with Crippen molar-refractivity contribution in [3.8, 4) is 6.07 Å². The first-order valence-electron chi connectivity index (χ1n) is 7.83. The standard InChI is InChI=1S/C16H15N5O7S/c1-26-11(23)4-8-12(15(24)27-2)14(29-13(8)16(25)28-3)19-10(22)6-21-7-18-9(5-17)20-21/h7H,4,6H2,1-3H3,(H,19,22). The van der Waals surface area contributed by atoms with Gasteiger partial charge in [-0.3, -0.25) is 9.59 Å². The van der Waals surface area contributed by atoms with E-state index < -0.39 is 30.2 Å². The van der Waals surface area contributed by atoms with Crippen molar-refractivity contribution < 1.29 is 33.4 Å². The molecule has 2 aromatic heterocycles. The number of carbonyl (C=O) groups is 4. The van der Waals surface area contributed by atoms with Gasteiger partial charge in [-0.05, 0) is 0 Å². The van der Waals surface area contributed by atoms with E-state index in [1.165, 1.54) is 6.33 Å². The number of amides is 1. The molecule has 0 aliphatic heterocycles. The molecule has 0 atom stereocenters. The number of nitriles is 1. The van der Waals surface area contributed by atoms with E-state index in [9.17, 15) is 19.2 Å². The summed E-state index contributed by atoms with van der Waals surface area (Å²) in [6.45, 7) is -0.312. The summed E-state index contributed by atoms with van der Waals surface area (Å²) in [4.78, 5) is 52.1. The number of carbonyl (C=O) groups excluding carboxylic acids is 4. The summed E-state index contributed by atoms with van der Waals surface area (Å²) < 4.78 is 15.1. The maximum Gasteiger partial charge on any atom is 0.348 e. The molecule has 1 N–H and O–H groups in total. The normalized spacial score (nSPS) is 10.0. The Labute approximate surface area is 168 Å². The fourth-order valence-corrected chi connectivity index (χ4v) is 3.39. The predicted octanol–water partition coefficient (Wildman–Crippen LogP) is 0.139. The van der Waals surface area contributed by atoms with Gasteiger partial charge in [-0.25, -0.2) is 19.3 Å². The summed E-state index contributed by atoms with van der Waals surface area (Å²) in [7, 11) is 3.41. The molecule has 1 amide bonds. The third-order valence-electron chi connectivity index (χ3n) is 3.51. The maximum atomic E-state index is 12.3. The Hall–Kier alpha value is -3.79. The van der Waals surface area contributed by atoms with Gasteiger partial charge in [-0.15, -0.1) is 16.4 Å². The quantitative estimate of drug-likeness (QED) is 0.480. The van der Waals surface area contributed by atoms with Crippen molar-refractivity contribution in [1.82, 2.24) is 14.8 Å². The molecule has 0 aliphatic carbocycles. The molecule has 2 rings (SSSR count). The molecule has 0 radical (unpaired) electrons. The Morgan fingerprint density at radius 1 is 1.17 bits per heavy atom. The first kappa shape index (κ1) is 21.5. The summed E-state index contributed by atoms with van der Waals surface area (Å²) in [6, 6.07) is 1.73. The van der Waals surface area contributed by atoms with Crippen molar-refractivity contribution in [2.45, 2.75) is 13.0 Å². The third kappa shape index (κ3) is 4.93. The second kappa shape index (κ2) is 9.42. The van der Waals surface area contributed by atoms with Crippen LogP contribution in [0.4, 0.5) is 5.00 Å². The molecule has 0 unspecified atom stereocenters. The van der Waals surface area contributed by atoms with Gasteiger partial charge in [0.15, 0.2) is 0 Å². The summed E-state index contributed by atoms with van der Waals surface area (Å²) in [5, 5.41) is 15.0. The number of hydrogen-bond acceptors (Lipinski definition) is 11. The fourth-order valence-electron chi connectivity index (χ4n) is 2.25. The minimum absolute atomic E-state index is 0.0122. The third-order valence-corrected chi connectivity index (χ3v) is 4.64. The molecule has 2 aromatic rings. The van der Waals surface area contributed by atoms with Gasteiger partial charge in [0.25, 0.3) is 5.82 Å². The van der Waals surface area contributed by atoms with Gasteiger partial charge in [-0.2, -0.15) is 5.26 Å². The number of nitrogens with zero attached hydrogens (tertiary/aromatic N) is 4. The van der Waals surface area contributed by atoms with Crippen LogP contribution in [-0.4, -0.2) is 59.9 Å². The number of aromatic nitrogens is 3. The van der Waals surface area contributed by atoms with Crippen molar-refractivity contribution in [3.05, 3.63) is 28.2 Å². The first-order valence-corrected chi connectivity index (χ1v) is 8.64. The van der Waals surface area contributed by atoms with Crippen LogP contribution in [0.3, 0.4) is 0 Å². The summed E-state index contributed by atoms with van der Waals surface area (Å²) >= 11 is 0.751. The van der Waals surface area contributed by atoms with Crippen LogP contribution >= 0.6 is 11.3 Å². The molecule has 29 heavy (non-hydrogen) atoms. The minimum atomic E-state index is -0.863. The van der Waals surface area contributed by atoms with Crippen LogP contribution < -0.4 is 5.32 Å². The second-order valence-corrected chi connectivity index (χ2v) is 6.30. The largest absolute Gasteiger partial charge is 0.469 e. The average molecular weight is 421 g/mol. The molecule has 0 bridgehead atoms. The van der Waals surface area contributed by atoms with Crippen molar-refractivity contribution in [3.63, 3.8) is 0 Å².